The highest BCUT2D eigenvalue weighted by molar-refractivity contribution is 14.1. The van der Waals surface area contributed by atoms with Gasteiger partial charge in [-0.15, -0.1) is 12.4 Å². The molecule has 11 heavy (non-hydrogen) atoms. The zero-order valence-electron chi connectivity index (χ0n) is 5.55. The number of aromatic nitrogens is 1. The first-order valence-electron chi connectivity index (χ1n) is 2.74. The molecule has 0 spiro atoms. The Morgan fingerprint density at radius 3 is 2.73 bits per heavy atom. The maximum absolute atomic E-state index is 5.42. The summed E-state index contributed by atoms with van der Waals surface area (Å²) in [6.07, 6.45) is 1.75. The van der Waals surface area contributed by atoms with E-state index in [1.165, 1.54) is 0 Å². The fourth-order valence-corrected chi connectivity index (χ4v) is 2.05. The fourth-order valence-electron chi connectivity index (χ4n) is 0.593. The quantitative estimate of drug-likeness (QED) is 0.791. The van der Waals surface area contributed by atoms with Crippen molar-refractivity contribution in [1.29, 1.82) is 0 Å². The van der Waals surface area contributed by atoms with E-state index in [2.05, 4.69) is 43.5 Å². The zero-order valence-corrected chi connectivity index (χ0v) is 10.1. The average Bonchev–Trinajstić information content (AvgIpc) is 1.88. The van der Waals surface area contributed by atoms with E-state index in [-0.39, 0.29) is 12.4 Å². The molecule has 0 saturated carbocycles. The van der Waals surface area contributed by atoms with E-state index in [1.54, 1.807) is 6.20 Å². The van der Waals surface area contributed by atoms with Gasteiger partial charge in [0, 0.05) is 20.8 Å². The number of nitrogens with zero attached hydrogens (tertiary/aromatic N) is 1. The van der Waals surface area contributed by atoms with Gasteiger partial charge in [0.05, 0.1) is 5.69 Å². The van der Waals surface area contributed by atoms with Crippen LogP contribution in [0.5, 0.6) is 0 Å². The molecule has 0 amide bonds. The number of hydrogen-bond donors (Lipinski definition) is 1. The van der Waals surface area contributed by atoms with Crippen LogP contribution in [0.1, 0.15) is 5.69 Å². The van der Waals surface area contributed by atoms with Gasteiger partial charge in [-0.1, -0.05) is 0 Å². The molecule has 1 heterocycles. The number of hydrogen-bond acceptors (Lipinski definition) is 2. The number of nitrogens with two attached hydrogens (primary N) is 1. The van der Waals surface area contributed by atoms with Crippen LogP contribution in [0.25, 0.3) is 0 Å². The Balaban J connectivity index is 0.000001000. The SMILES string of the molecule is Cl.NCc1ncc(Br)cc1I. The molecule has 2 N–H and O–H groups in total. The smallest absolute Gasteiger partial charge is 0.0673 e. The first-order chi connectivity index (χ1) is 4.74. The molecular weight excluding hydrogens is 342 g/mol. The third-order valence-corrected chi connectivity index (χ3v) is 2.45. The Hall–Kier alpha value is 0.610. The zero-order chi connectivity index (χ0) is 7.56. The highest BCUT2D eigenvalue weighted by Crippen LogP contribution is 2.14. The molecule has 0 radical (unpaired) electrons. The largest absolute Gasteiger partial charge is 0.325 e. The molecule has 0 aromatic carbocycles. The molecule has 1 aromatic rings. The predicted octanol–water partition coefficient (Wildman–Crippen LogP) is 2.33. The summed E-state index contributed by atoms with van der Waals surface area (Å²) in [5, 5.41) is 0. The van der Waals surface area contributed by atoms with Gasteiger partial charge < -0.3 is 5.73 Å². The summed E-state index contributed by atoms with van der Waals surface area (Å²) in [7, 11) is 0. The maximum Gasteiger partial charge on any atom is 0.0673 e. The average molecular weight is 349 g/mol. The Bertz CT molecular complexity index is 244. The van der Waals surface area contributed by atoms with Gasteiger partial charge in [0.25, 0.3) is 0 Å². The molecule has 1 rings (SSSR count). The molecule has 0 unspecified atom stereocenters. The van der Waals surface area contributed by atoms with E-state index in [4.69, 9.17) is 5.73 Å². The van der Waals surface area contributed by atoms with Crippen LogP contribution in [-0.4, -0.2) is 4.98 Å². The Morgan fingerprint density at radius 2 is 2.27 bits per heavy atom. The lowest BCUT2D eigenvalue weighted by Crippen LogP contribution is -2.01. The van der Waals surface area contributed by atoms with Crippen molar-refractivity contribution < 1.29 is 0 Å². The summed E-state index contributed by atoms with van der Waals surface area (Å²) in [6.45, 7) is 0.506. The van der Waals surface area contributed by atoms with Gasteiger partial charge >= 0.3 is 0 Å². The van der Waals surface area contributed by atoms with Crippen molar-refractivity contribution in [2.45, 2.75) is 6.54 Å². The van der Waals surface area contributed by atoms with Crippen LogP contribution < -0.4 is 5.73 Å². The Kier molecular flexibility index (Phi) is 5.58. The third-order valence-electron chi connectivity index (χ3n) is 1.08. The second-order valence-corrected chi connectivity index (χ2v) is 3.86. The van der Waals surface area contributed by atoms with Crippen molar-refractivity contribution in [2.24, 2.45) is 5.73 Å². The number of pyridine rings is 1. The van der Waals surface area contributed by atoms with Gasteiger partial charge in [-0.25, -0.2) is 0 Å². The van der Waals surface area contributed by atoms with E-state index in [9.17, 15) is 0 Å². The van der Waals surface area contributed by atoms with Crippen molar-refractivity contribution in [3.05, 3.63) is 26.0 Å². The van der Waals surface area contributed by atoms with Gasteiger partial charge in [0.1, 0.15) is 0 Å². The van der Waals surface area contributed by atoms with Gasteiger partial charge in [-0.05, 0) is 44.6 Å². The normalized spacial score (nSPS) is 9.00. The van der Waals surface area contributed by atoms with Gasteiger partial charge in [-0.3, -0.25) is 4.98 Å². The number of rotatable bonds is 1. The molecule has 0 saturated heterocycles. The van der Waals surface area contributed by atoms with Crippen LogP contribution in [0.15, 0.2) is 16.7 Å². The monoisotopic (exact) mass is 348 g/mol. The Morgan fingerprint density at radius 1 is 1.64 bits per heavy atom. The second-order valence-electron chi connectivity index (χ2n) is 1.79. The summed E-state index contributed by atoms with van der Waals surface area (Å²) >= 11 is 5.53. The van der Waals surface area contributed by atoms with Gasteiger partial charge in [0.15, 0.2) is 0 Å². The minimum atomic E-state index is 0. The summed E-state index contributed by atoms with van der Waals surface area (Å²) in [5.74, 6) is 0. The van der Waals surface area contributed by atoms with Crippen molar-refractivity contribution in [3.63, 3.8) is 0 Å². The maximum atomic E-state index is 5.42. The summed E-state index contributed by atoms with van der Waals surface area (Å²) in [5.41, 5.74) is 6.37. The van der Waals surface area contributed by atoms with Crippen LogP contribution in [0.3, 0.4) is 0 Å². The summed E-state index contributed by atoms with van der Waals surface area (Å²) in [4.78, 5) is 4.12. The van der Waals surface area contributed by atoms with Crippen molar-refractivity contribution in [2.75, 3.05) is 0 Å². The highest BCUT2D eigenvalue weighted by Gasteiger charge is 1.97. The molecule has 5 heteroatoms. The first-order valence-corrected chi connectivity index (χ1v) is 4.61. The molecule has 0 fully saturated rings. The first kappa shape index (κ1) is 11.6. The molecule has 0 aliphatic heterocycles. The van der Waals surface area contributed by atoms with E-state index >= 15 is 0 Å². The molecule has 62 valence electrons. The van der Waals surface area contributed by atoms with E-state index in [0.29, 0.717) is 6.54 Å². The van der Waals surface area contributed by atoms with E-state index in [0.717, 1.165) is 13.7 Å². The lowest BCUT2D eigenvalue weighted by molar-refractivity contribution is 0.975. The molecule has 0 aliphatic rings. The third kappa shape index (κ3) is 3.23. The molecule has 0 aliphatic carbocycles. The van der Waals surface area contributed by atoms with Crippen LogP contribution in [0.2, 0.25) is 0 Å². The van der Waals surface area contributed by atoms with Crippen LogP contribution in [0.4, 0.5) is 0 Å². The predicted molar refractivity (Wildman–Crippen MR) is 59.8 cm³/mol. The summed E-state index contributed by atoms with van der Waals surface area (Å²) in [6, 6.07) is 2.00. The lowest BCUT2D eigenvalue weighted by Gasteiger charge is -1.98. The standard InChI is InChI=1S/C6H6BrIN2.ClH/c7-4-1-5(8)6(2-9)10-3-4;/h1,3H,2,9H2;1H. The van der Waals surface area contributed by atoms with Crippen molar-refractivity contribution >= 4 is 50.9 Å². The molecule has 1 aromatic heterocycles. The van der Waals surface area contributed by atoms with Gasteiger partial charge in [-0.2, -0.15) is 0 Å². The highest BCUT2D eigenvalue weighted by atomic mass is 127. The number of halogens is 3. The second kappa shape index (κ2) is 5.29. The summed E-state index contributed by atoms with van der Waals surface area (Å²) < 4.78 is 2.10. The minimum absolute atomic E-state index is 0. The van der Waals surface area contributed by atoms with E-state index in [1.807, 2.05) is 6.07 Å². The van der Waals surface area contributed by atoms with Crippen molar-refractivity contribution in [3.8, 4) is 0 Å². The molecular formula is C6H7BrClIN2. The topological polar surface area (TPSA) is 38.9 Å². The lowest BCUT2D eigenvalue weighted by atomic mass is 10.4. The van der Waals surface area contributed by atoms with Gasteiger partial charge in [0.2, 0.25) is 0 Å². The van der Waals surface area contributed by atoms with Crippen LogP contribution in [-0.2, 0) is 6.54 Å². The fraction of sp³-hybridized carbons (Fsp3) is 0.167. The van der Waals surface area contributed by atoms with E-state index < -0.39 is 0 Å². The molecule has 0 bridgehead atoms. The van der Waals surface area contributed by atoms with Crippen molar-refractivity contribution in [1.82, 2.24) is 4.98 Å². The Labute approximate surface area is 93.6 Å². The molecule has 2 nitrogen and oxygen atoms in total. The van der Waals surface area contributed by atoms with Crippen LogP contribution >= 0.6 is 50.9 Å². The molecule has 0 atom stereocenters. The minimum Gasteiger partial charge on any atom is -0.325 e. The van der Waals surface area contributed by atoms with Crippen LogP contribution in [0, 0.1) is 3.57 Å².